The fourth-order valence-electron chi connectivity index (χ4n) is 1.65. The van der Waals surface area contributed by atoms with Gasteiger partial charge < -0.3 is 0 Å². The predicted octanol–water partition coefficient (Wildman–Crippen LogP) is 2.10. The molecule has 0 bridgehead atoms. The Labute approximate surface area is 124 Å². The molecule has 0 amide bonds. The molecule has 122 valence electrons. The summed E-state index contributed by atoms with van der Waals surface area (Å²) in [6, 6.07) is 0. The summed E-state index contributed by atoms with van der Waals surface area (Å²) in [7, 11) is -7.06. The molecule has 0 aromatic heterocycles. The van der Waals surface area contributed by atoms with Gasteiger partial charge in [-0.05, 0) is 32.1 Å². The van der Waals surface area contributed by atoms with Gasteiger partial charge in [-0.2, -0.15) is 4.31 Å². The summed E-state index contributed by atoms with van der Waals surface area (Å²) in [5.74, 6) is -0.525. The quantitative estimate of drug-likeness (QED) is 0.775. The molecule has 0 aliphatic rings. The van der Waals surface area contributed by atoms with Gasteiger partial charge in [0, 0.05) is 5.54 Å². The van der Waals surface area contributed by atoms with Crippen molar-refractivity contribution in [3.63, 3.8) is 0 Å². The number of sulfonamides is 1. The third-order valence-electron chi connectivity index (χ3n) is 3.44. The number of hydrogen-bond acceptors (Lipinski definition) is 4. The van der Waals surface area contributed by atoms with Crippen LogP contribution >= 0.6 is 0 Å². The van der Waals surface area contributed by atoms with Crippen LogP contribution in [0.15, 0.2) is 0 Å². The maximum absolute atomic E-state index is 12.3. The van der Waals surface area contributed by atoms with Crippen molar-refractivity contribution < 1.29 is 16.8 Å². The Morgan fingerprint density at radius 2 is 1.35 bits per heavy atom. The molecule has 20 heavy (non-hydrogen) atoms. The Hall–Kier alpha value is -0.140. The predicted molar refractivity (Wildman–Crippen MR) is 83.7 cm³/mol. The van der Waals surface area contributed by atoms with Crippen LogP contribution in [-0.4, -0.2) is 44.6 Å². The number of rotatable bonds is 5. The van der Waals surface area contributed by atoms with Crippen LogP contribution in [0.1, 0.15) is 48.5 Å². The van der Waals surface area contributed by atoms with Crippen molar-refractivity contribution in [2.24, 2.45) is 11.3 Å². The highest BCUT2D eigenvalue weighted by atomic mass is 32.2. The lowest BCUT2D eigenvalue weighted by atomic mass is 9.83. The molecule has 0 saturated heterocycles. The maximum Gasteiger partial charge on any atom is 0.212 e. The van der Waals surface area contributed by atoms with E-state index in [-0.39, 0.29) is 17.1 Å². The first kappa shape index (κ1) is 19.9. The van der Waals surface area contributed by atoms with E-state index in [0.717, 1.165) is 10.6 Å². The van der Waals surface area contributed by atoms with E-state index in [0.29, 0.717) is 0 Å². The highest BCUT2D eigenvalue weighted by Gasteiger charge is 2.35. The van der Waals surface area contributed by atoms with Crippen LogP contribution in [0.2, 0.25) is 0 Å². The van der Waals surface area contributed by atoms with Crippen molar-refractivity contribution in [3.8, 4) is 0 Å². The van der Waals surface area contributed by atoms with Crippen LogP contribution in [0.5, 0.6) is 0 Å². The maximum atomic E-state index is 12.3. The Kier molecular flexibility index (Phi) is 5.89. The van der Waals surface area contributed by atoms with E-state index in [4.69, 9.17) is 0 Å². The van der Waals surface area contributed by atoms with E-state index in [9.17, 15) is 16.8 Å². The number of hydrogen-bond donors (Lipinski definition) is 0. The zero-order valence-electron chi connectivity index (χ0n) is 13.9. The summed E-state index contributed by atoms with van der Waals surface area (Å²) in [6.45, 7) is 12.9. The molecule has 0 N–H and O–H groups in total. The van der Waals surface area contributed by atoms with Gasteiger partial charge >= 0.3 is 0 Å². The lowest BCUT2D eigenvalue weighted by Crippen LogP contribution is -2.48. The van der Waals surface area contributed by atoms with E-state index in [1.807, 2.05) is 27.7 Å². The van der Waals surface area contributed by atoms with Gasteiger partial charge in [-0.15, -0.1) is 0 Å². The van der Waals surface area contributed by atoms with Gasteiger partial charge in [0.25, 0.3) is 0 Å². The molecule has 1 unspecified atom stereocenters. The molecule has 0 radical (unpaired) electrons. The summed E-state index contributed by atoms with van der Waals surface area (Å²) in [6.07, 6.45) is 1.04. The topological polar surface area (TPSA) is 71.5 Å². The zero-order valence-corrected chi connectivity index (χ0v) is 15.5. The lowest BCUT2D eigenvalue weighted by molar-refractivity contribution is 0.271. The highest BCUT2D eigenvalue weighted by Crippen LogP contribution is 2.27. The second kappa shape index (κ2) is 5.93. The first-order valence-corrected chi connectivity index (χ1v) is 10.3. The summed E-state index contributed by atoms with van der Waals surface area (Å²) in [5, 5.41) is 0. The van der Waals surface area contributed by atoms with Crippen LogP contribution in [0, 0.1) is 11.3 Å². The Morgan fingerprint density at radius 1 is 0.950 bits per heavy atom. The largest absolute Gasteiger partial charge is 0.227 e. The van der Waals surface area contributed by atoms with Crippen molar-refractivity contribution in [1.82, 2.24) is 4.31 Å². The van der Waals surface area contributed by atoms with Crippen LogP contribution < -0.4 is 0 Å². The summed E-state index contributed by atoms with van der Waals surface area (Å²) in [4.78, 5) is 0. The molecular weight excluding hydrogens is 298 g/mol. The van der Waals surface area contributed by atoms with Gasteiger partial charge in [-0.1, -0.05) is 27.7 Å². The minimum absolute atomic E-state index is 0.0153. The fourth-order valence-corrected chi connectivity index (χ4v) is 6.00. The van der Waals surface area contributed by atoms with Crippen molar-refractivity contribution >= 4 is 19.9 Å². The molecule has 0 aliphatic heterocycles. The molecule has 0 saturated carbocycles. The smallest absolute Gasteiger partial charge is 0.212 e. The van der Waals surface area contributed by atoms with E-state index >= 15 is 0 Å². The van der Waals surface area contributed by atoms with Crippen molar-refractivity contribution in [2.75, 3.05) is 17.9 Å². The zero-order chi connectivity index (χ0) is 16.6. The standard InChI is InChI=1S/C13H29NO4S2/c1-11(12(2,3)4)9-20(17,18)10-14(13(5,6)7)19(8,15)16/h11H,9-10H2,1-8H3. The molecule has 0 heterocycles. The molecule has 7 heteroatoms. The molecule has 0 aliphatic carbocycles. The third kappa shape index (κ3) is 6.54. The van der Waals surface area contributed by atoms with Crippen LogP contribution in [0.3, 0.4) is 0 Å². The number of nitrogens with zero attached hydrogens (tertiary/aromatic N) is 1. The lowest BCUT2D eigenvalue weighted by Gasteiger charge is -2.34. The van der Waals surface area contributed by atoms with E-state index in [2.05, 4.69) is 0 Å². The summed E-state index contributed by atoms with van der Waals surface area (Å²) < 4.78 is 49.2. The average molecular weight is 328 g/mol. The van der Waals surface area contributed by atoms with Crippen LogP contribution in [0.4, 0.5) is 0 Å². The van der Waals surface area contributed by atoms with E-state index < -0.39 is 31.3 Å². The van der Waals surface area contributed by atoms with Gasteiger partial charge in [-0.25, -0.2) is 16.8 Å². The van der Waals surface area contributed by atoms with Gasteiger partial charge in [0.05, 0.1) is 12.0 Å². The monoisotopic (exact) mass is 327 g/mol. The first-order chi connectivity index (χ1) is 8.47. The molecule has 0 aromatic rings. The van der Waals surface area contributed by atoms with Crippen LogP contribution in [-0.2, 0) is 19.9 Å². The molecule has 0 fully saturated rings. The molecule has 1 atom stereocenters. The summed E-state index contributed by atoms with van der Waals surface area (Å²) >= 11 is 0. The minimum Gasteiger partial charge on any atom is -0.227 e. The van der Waals surface area contributed by atoms with E-state index in [1.54, 1.807) is 20.8 Å². The molecule has 5 nitrogen and oxygen atoms in total. The van der Waals surface area contributed by atoms with Gasteiger partial charge in [0.1, 0.15) is 5.88 Å². The minimum atomic E-state index is -3.57. The number of sulfone groups is 1. The molecule has 0 aromatic carbocycles. The van der Waals surface area contributed by atoms with Crippen molar-refractivity contribution in [2.45, 2.75) is 54.0 Å². The van der Waals surface area contributed by atoms with Crippen LogP contribution in [0.25, 0.3) is 0 Å². The Morgan fingerprint density at radius 3 is 1.60 bits per heavy atom. The van der Waals surface area contributed by atoms with Crippen molar-refractivity contribution in [3.05, 3.63) is 0 Å². The van der Waals surface area contributed by atoms with Gasteiger partial charge in [0.2, 0.25) is 10.0 Å². The SMILES string of the molecule is CC(CS(=O)(=O)CN(C(C)(C)C)S(C)(=O)=O)C(C)(C)C. The molecule has 0 rings (SSSR count). The van der Waals surface area contributed by atoms with Gasteiger partial charge in [0.15, 0.2) is 9.84 Å². The highest BCUT2D eigenvalue weighted by molar-refractivity contribution is 7.93. The van der Waals surface area contributed by atoms with Gasteiger partial charge in [-0.3, -0.25) is 0 Å². The molecule has 0 spiro atoms. The second-order valence-electron chi connectivity index (χ2n) is 7.59. The van der Waals surface area contributed by atoms with E-state index in [1.165, 1.54) is 0 Å². The molecular formula is C13H29NO4S2. The first-order valence-electron chi connectivity index (χ1n) is 6.65. The Balaban J connectivity index is 5.26. The van der Waals surface area contributed by atoms with Crippen molar-refractivity contribution in [1.29, 1.82) is 0 Å². The summed E-state index contributed by atoms with van der Waals surface area (Å²) in [5.41, 5.74) is -0.893. The Bertz CT molecular complexity index is 522. The average Bonchev–Trinajstić information content (AvgIpc) is 2.08. The second-order valence-corrected chi connectivity index (χ2v) is 11.6. The fraction of sp³-hybridized carbons (Fsp3) is 1.00. The third-order valence-corrected chi connectivity index (χ3v) is 6.75. The normalized spacial score (nSPS) is 16.4.